The van der Waals surface area contributed by atoms with E-state index in [-0.39, 0.29) is 12.0 Å². The highest BCUT2D eigenvalue weighted by Gasteiger charge is 2.39. The molecule has 4 rings (SSSR count). The van der Waals surface area contributed by atoms with Crippen LogP contribution in [0.25, 0.3) is 5.57 Å². The van der Waals surface area contributed by atoms with Gasteiger partial charge in [0, 0.05) is 22.1 Å². The minimum Gasteiger partial charge on any atom is -0.496 e. The maximum Gasteiger partial charge on any atom is 0.128 e. The standard InChI is InChI=1S/C19H19NO2S/c1-11-13-9-12(23-3)7-8-15(13)20-19-14(11)10-22-17-6-4-5-16(21-2)18(17)19/h4-9,14,19-20H,1,10H2,2-3H3/t14-,19+/m1/s1. The Labute approximate surface area is 140 Å². The molecular formula is C19H19NO2S. The van der Waals surface area contributed by atoms with Crippen LogP contribution in [-0.4, -0.2) is 20.0 Å². The van der Waals surface area contributed by atoms with Crippen LogP contribution in [0, 0.1) is 5.92 Å². The van der Waals surface area contributed by atoms with E-state index in [9.17, 15) is 0 Å². The lowest BCUT2D eigenvalue weighted by Crippen LogP contribution is -2.35. The molecule has 2 aromatic carbocycles. The highest BCUT2D eigenvalue weighted by molar-refractivity contribution is 7.98. The average Bonchev–Trinajstić information content (AvgIpc) is 2.60. The first-order valence-electron chi connectivity index (χ1n) is 7.66. The molecule has 0 saturated carbocycles. The fourth-order valence-electron chi connectivity index (χ4n) is 3.49. The van der Waals surface area contributed by atoms with E-state index in [2.05, 4.69) is 36.4 Å². The zero-order valence-electron chi connectivity index (χ0n) is 13.3. The van der Waals surface area contributed by atoms with Crippen LogP contribution in [-0.2, 0) is 0 Å². The maximum atomic E-state index is 5.99. The summed E-state index contributed by atoms with van der Waals surface area (Å²) in [7, 11) is 1.70. The van der Waals surface area contributed by atoms with E-state index in [4.69, 9.17) is 9.47 Å². The Bertz CT molecular complexity index is 773. The number of thioether (sulfide) groups is 1. The van der Waals surface area contributed by atoms with Crippen LogP contribution < -0.4 is 14.8 Å². The molecule has 0 amide bonds. The summed E-state index contributed by atoms with van der Waals surface area (Å²) in [6.45, 7) is 5.01. The van der Waals surface area contributed by atoms with Crippen LogP contribution in [0.5, 0.6) is 11.5 Å². The number of ether oxygens (including phenoxy) is 2. The molecule has 2 aliphatic rings. The minimum absolute atomic E-state index is 0.134. The molecule has 0 spiro atoms. The van der Waals surface area contributed by atoms with Crippen molar-refractivity contribution >= 4 is 23.0 Å². The third-order valence-electron chi connectivity index (χ3n) is 4.71. The molecule has 3 nitrogen and oxygen atoms in total. The molecule has 23 heavy (non-hydrogen) atoms. The van der Waals surface area contributed by atoms with E-state index in [0.29, 0.717) is 6.61 Å². The van der Waals surface area contributed by atoms with Gasteiger partial charge >= 0.3 is 0 Å². The second-order valence-corrected chi connectivity index (χ2v) is 6.73. The number of nitrogens with one attached hydrogen (secondary N) is 1. The molecule has 2 heterocycles. The molecule has 4 heteroatoms. The van der Waals surface area contributed by atoms with Crippen LogP contribution in [0.4, 0.5) is 5.69 Å². The average molecular weight is 325 g/mol. The van der Waals surface area contributed by atoms with Crippen molar-refractivity contribution < 1.29 is 9.47 Å². The summed E-state index contributed by atoms with van der Waals surface area (Å²) >= 11 is 1.75. The van der Waals surface area contributed by atoms with Crippen LogP contribution in [0.3, 0.4) is 0 Å². The van der Waals surface area contributed by atoms with Crippen LogP contribution in [0.15, 0.2) is 47.9 Å². The number of benzene rings is 2. The van der Waals surface area contributed by atoms with Gasteiger partial charge in [0.05, 0.1) is 25.3 Å². The number of anilines is 1. The Morgan fingerprint density at radius 1 is 1.30 bits per heavy atom. The fourth-order valence-corrected chi connectivity index (χ4v) is 3.93. The maximum absolute atomic E-state index is 5.99. The van der Waals surface area contributed by atoms with Crippen molar-refractivity contribution in [3.63, 3.8) is 0 Å². The van der Waals surface area contributed by atoms with Crippen LogP contribution >= 0.6 is 11.8 Å². The molecule has 2 aromatic rings. The van der Waals surface area contributed by atoms with E-state index < -0.39 is 0 Å². The third kappa shape index (κ3) is 2.20. The lowest BCUT2D eigenvalue weighted by molar-refractivity contribution is 0.230. The van der Waals surface area contributed by atoms with Crippen molar-refractivity contribution in [3.8, 4) is 11.5 Å². The topological polar surface area (TPSA) is 30.5 Å². The molecule has 1 N–H and O–H groups in total. The van der Waals surface area contributed by atoms with Gasteiger partial charge in [-0.25, -0.2) is 0 Å². The van der Waals surface area contributed by atoms with Gasteiger partial charge in [-0.3, -0.25) is 0 Å². The molecular weight excluding hydrogens is 306 g/mol. The summed E-state index contributed by atoms with van der Waals surface area (Å²) in [5.41, 5.74) is 4.55. The Hall–Kier alpha value is -2.07. The normalized spacial score (nSPS) is 21.4. The second kappa shape index (κ2) is 5.53. The van der Waals surface area contributed by atoms with E-state index >= 15 is 0 Å². The molecule has 118 valence electrons. The monoisotopic (exact) mass is 325 g/mol. The van der Waals surface area contributed by atoms with Crippen molar-refractivity contribution in [1.29, 1.82) is 0 Å². The van der Waals surface area contributed by atoms with Crippen LogP contribution in [0.2, 0.25) is 0 Å². The van der Waals surface area contributed by atoms with Gasteiger partial charge in [0.25, 0.3) is 0 Å². The van der Waals surface area contributed by atoms with Crippen molar-refractivity contribution in [2.24, 2.45) is 5.92 Å². The number of hydrogen-bond donors (Lipinski definition) is 1. The fraction of sp³-hybridized carbons (Fsp3) is 0.263. The Morgan fingerprint density at radius 2 is 2.17 bits per heavy atom. The summed E-state index contributed by atoms with van der Waals surface area (Å²) in [5, 5.41) is 3.68. The smallest absolute Gasteiger partial charge is 0.128 e. The van der Waals surface area contributed by atoms with Gasteiger partial charge in [-0.15, -0.1) is 11.8 Å². The van der Waals surface area contributed by atoms with E-state index in [1.807, 2.05) is 18.2 Å². The summed E-state index contributed by atoms with van der Waals surface area (Å²) in [6, 6.07) is 12.6. The van der Waals surface area contributed by atoms with Gasteiger partial charge in [-0.1, -0.05) is 12.6 Å². The lowest BCUT2D eigenvalue weighted by atomic mass is 9.79. The molecule has 0 fully saturated rings. The van der Waals surface area contributed by atoms with Crippen LogP contribution in [0.1, 0.15) is 17.2 Å². The van der Waals surface area contributed by atoms with Crippen molar-refractivity contribution in [2.75, 3.05) is 25.3 Å². The van der Waals surface area contributed by atoms with Crippen molar-refractivity contribution in [2.45, 2.75) is 10.9 Å². The van der Waals surface area contributed by atoms with Gasteiger partial charge in [0.2, 0.25) is 0 Å². The van der Waals surface area contributed by atoms with E-state index in [0.717, 1.165) is 28.3 Å². The third-order valence-corrected chi connectivity index (χ3v) is 5.43. The summed E-state index contributed by atoms with van der Waals surface area (Å²) in [4.78, 5) is 1.25. The molecule has 0 aliphatic carbocycles. The van der Waals surface area contributed by atoms with Gasteiger partial charge < -0.3 is 14.8 Å². The van der Waals surface area contributed by atoms with Gasteiger partial charge in [0.15, 0.2) is 0 Å². The predicted molar refractivity (Wildman–Crippen MR) is 95.6 cm³/mol. The zero-order valence-corrected chi connectivity index (χ0v) is 14.1. The number of fused-ring (bicyclic) bond motifs is 4. The van der Waals surface area contributed by atoms with Crippen molar-refractivity contribution in [3.05, 3.63) is 54.1 Å². The summed E-state index contributed by atoms with van der Waals surface area (Å²) < 4.78 is 11.6. The second-order valence-electron chi connectivity index (χ2n) is 5.85. The molecule has 2 atom stereocenters. The number of methoxy groups -OCH3 is 1. The lowest BCUT2D eigenvalue weighted by Gasteiger charge is -2.41. The Kier molecular flexibility index (Phi) is 3.49. The van der Waals surface area contributed by atoms with Gasteiger partial charge in [-0.05, 0) is 42.2 Å². The van der Waals surface area contributed by atoms with E-state index in [1.54, 1.807) is 18.9 Å². The molecule has 0 unspecified atom stereocenters. The molecule has 0 bridgehead atoms. The molecule has 0 saturated heterocycles. The highest BCUT2D eigenvalue weighted by atomic mass is 32.2. The molecule has 0 aromatic heterocycles. The first-order chi connectivity index (χ1) is 11.2. The summed E-state index contributed by atoms with van der Waals surface area (Å²) in [5.74, 6) is 1.97. The minimum atomic E-state index is 0.134. The van der Waals surface area contributed by atoms with Gasteiger partial charge in [0.1, 0.15) is 11.5 Å². The Balaban J connectivity index is 1.83. The quantitative estimate of drug-likeness (QED) is 0.817. The SMILES string of the molecule is C=C1c2cc(SC)ccc2N[C@@H]2c3c(OC)cccc3OC[C@H]12. The predicted octanol–water partition coefficient (Wildman–Crippen LogP) is 4.61. The first-order valence-corrected chi connectivity index (χ1v) is 8.89. The van der Waals surface area contributed by atoms with E-state index in [1.165, 1.54) is 10.5 Å². The molecule has 2 aliphatic heterocycles. The zero-order chi connectivity index (χ0) is 16.0. The highest BCUT2D eigenvalue weighted by Crippen LogP contribution is 2.51. The largest absolute Gasteiger partial charge is 0.496 e. The Morgan fingerprint density at radius 3 is 2.96 bits per heavy atom. The summed E-state index contributed by atoms with van der Waals surface area (Å²) in [6.07, 6.45) is 2.09. The van der Waals surface area contributed by atoms with Crippen molar-refractivity contribution in [1.82, 2.24) is 0 Å². The number of hydrogen-bond acceptors (Lipinski definition) is 4. The molecule has 0 radical (unpaired) electrons. The number of rotatable bonds is 2. The first kappa shape index (κ1) is 14.5. The van der Waals surface area contributed by atoms with Gasteiger partial charge in [-0.2, -0.15) is 0 Å².